The summed E-state index contributed by atoms with van der Waals surface area (Å²) in [5.74, 6) is 0.0658. The van der Waals surface area contributed by atoms with Crippen molar-refractivity contribution in [1.29, 1.82) is 0 Å². The molecule has 0 aromatic carbocycles. The predicted octanol–water partition coefficient (Wildman–Crippen LogP) is 1.10. The van der Waals surface area contributed by atoms with Gasteiger partial charge in [0.15, 0.2) is 0 Å². The van der Waals surface area contributed by atoms with E-state index in [0.717, 1.165) is 45.2 Å². The Bertz CT molecular complexity index is 315. The van der Waals surface area contributed by atoms with E-state index < -0.39 is 0 Å². The maximum absolute atomic E-state index is 11.9. The molecule has 102 valence electrons. The van der Waals surface area contributed by atoms with Crippen molar-refractivity contribution in [3.05, 3.63) is 0 Å². The molecule has 0 aromatic heterocycles. The summed E-state index contributed by atoms with van der Waals surface area (Å²) in [4.78, 5) is 25.6. The highest BCUT2D eigenvalue weighted by Crippen LogP contribution is 2.21. The Morgan fingerprint density at radius 1 is 1.28 bits per heavy atom. The Morgan fingerprint density at radius 3 is 2.72 bits per heavy atom. The summed E-state index contributed by atoms with van der Waals surface area (Å²) >= 11 is 0. The third-order valence-corrected chi connectivity index (χ3v) is 3.53. The molecule has 3 amide bonds. The second-order valence-corrected chi connectivity index (χ2v) is 5.30. The minimum atomic E-state index is -0.0322. The zero-order valence-corrected chi connectivity index (χ0v) is 11.1. The Morgan fingerprint density at radius 2 is 2.06 bits per heavy atom. The van der Waals surface area contributed by atoms with Crippen LogP contribution in [0.2, 0.25) is 0 Å². The fourth-order valence-corrected chi connectivity index (χ4v) is 2.26. The van der Waals surface area contributed by atoms with Crippen molar-refractivity contribution in [2.75, 3.05) is 19.6 Å². The SMILES string of the molecule is CCCNC(=O)C1CCCN(C(=O)NC2CC2)C1. The van der Waals surface area contributed by atoms with Crippen LogP contribution in [-0.2, 0) is 4.79 Å². The molecule has 0 radical (unpaired) electrons. The molecule has 2 N–H and O–H groups in total. The molecule has 2 fully saturated rings. The number of rotatable bonds is 4. The highest BCUT2D eigenvalue weighted by atomic mass is 16.2. The summed E-state index contributed by atoms with van der Waals surface area (Å²) in [6.45, 7) is 4.10. The number of urea groups is 1. The lowest BCUT2D eigenvalue weighted by Gasteiger charge is -2.32. The van der Waals surface area contributed by atoms with E-state index in [4.69, 9.17) is 0 Å². The maximum atomic E-state index is 11.9. The molecule has 1 atom stereocenters. The van der Waals surface area contributed by atoms with E-state index >= 15 is 0 Å². The molecular weight excluding hydrogens is 230 g/mol. The van der Waals surface area contributed by atoms with Crippen molar-refractivity contribution in [2.24, 2.45) is 5.92 Å². The van der Waals surface area contributed by atoms with E-state index in [9.17, 15) is 9.59 Å². The van der Waals surface area contributed by atoms with Crippen molar-refractivity contribution in [1.82, 2.24) is 15.5 Å². The minimum absolute atomic E-state index is 0.00508. The number of carbonyl (C=O) groups is 2. The minimum Gasteiger partial charge on any atom is -0.356 e. The summed E-state index contributed by atoms with van der Waals surface area (Å²) in [7, 11) is 0. The number of piperidine rings is 1. The van der Waals surface area contributed by atoms with Crippen molar-refractivity contribution in [3.63, 3.8) is 0 Å². The van der Waals surface area contributed by atoms with Gasteiger partial charge in [0, 0.05) is 25.7 Å². The molecule has 0 spiro atoms. The smallest absolute Gasteiger partial charge is 0.317 e. The van der Waals surface area contributed by atoms with E-state index in [1.807, 2.05) is 6.92 Å². The van der Waals surface area contributed by atoms with Crippen LogP contribution in [0, 0.1) is 5.92 Å². The quantitative estimate of drug-likeness (QED) is 0.788. The van der Waals surface area contributed by atoms with E-state index in [0.29, 0.717) is 12.6 Å². The van der Waals surface area contributed by atoms with Crippen LogP contribution in [0.4, 0.5) is 4.79 Å². The Balaban J connectivity index is 1.79. The maximum Gasteiger partial charge on any atom is 0.317 e. The third kappa shape index (κ3) is 3.62. The zero-order valence-electron chi connectivity index (χ0n) is 11.1. The lowest BCUT2D eigenvalue weighted by Crippen LogP contribution is -2.49. The number of likely N-dealkylation sites (tertiary alicyclic amines) is 1. The third-order valence-electron chi connectivity index (χ3n) is 3.53. The first kappa shape index (κ1) is 13.2. The largest absolute Gasteiger partial charge is 0.356 e. The summed E-state index contributed by atoms with van der Waals surface area (Å²) in [6.07, 6.45) is 4.95. The number of nitrogens with zero attached hydrogens (tertiary/aromatic N) is 1. The lowest BCUT2D eigenvalue weighted by molar-refractivity contribution is -0.126. The summed E-state index contributed by atoms with van der Waals surface area (Å²) in [5.41, 5.74) is 0. The van der Waals surface area contributed by atoms with E-state index in [-0.39, 0.29) is 17.9 Å². The molecule has 1 aliphatic carbocycles. The molecule has 1 saturated heterocycles. The molecule has 0 bridgehead atoms. The van der Waals surface area contributed by atoms with E-state index in [1.54, 1.807) is 4.90 Å². The van der Waals surface area contributed by atoms with Crippen LogP contribution in [0.1, 0.15) is 39.0 Å². The van der Waals surface area contributed by atoms with Gasteiger partial charge in [0.1, 0.15) is 0 Å². The van der Waals surface area contributed by atoms with Crippen LogP contribution < -0.4 is 10.6 Å². The molecule has 5 heteroatoms. The van der Waals surface area contributed by atoms with Gasteiger partial charge < -0.3 is 15.5 Å². The van der Waals surface area contributed by atoms with Crippen LogP contribution >= 0.6 is 0 Å². The average Bonchev–Trinajstić information content (AvgIpc) is 3.20. The van der Waals surface area contributed by atoms with Crippen molar-refractivity contribution >= 4 is 11.9 Å². The molecular formula is C13H23N3O2. The summed E-state index contributed by atoms with van der Waals surface area (Å²) in [6, 6.07) is 0.386. The highest BCUT2D eigenvalue weighted by molar-refractivity contribution is 5.81. The van der Waals surface area contributed by atoms with Gasteiger partial charge in [0.2, 0.25) is 5.91 Å². The average molecular weight is 253 g/mol. The van der Waals surface area contributed by atoms with E-state index in [1.165, 1.54) is 0 Å². The first-order valence-corrected chi connectivity index (χ1v) is 7.04. The van der Waals surface area contributed by atoms with Crippen LogP contribution in [0.5, 0.6) is 0 Å². The predicted molar refractivity (Wildman–Crippen MR) is 69.2 cm³/mol. The monoisotopic (exact) mass is 253 g/mol. The lowest BCUT2D eigenvalue weighted by atomic mass is 9.97. The molecule has 1 heterocycles. The Kier molecular flexibility index (Phi) is 4.44. The van der Waals surface area contributed by atoms with Gasteiger partial charge in [-0.05, 0) is 32.1 Å². The van der Waals surface area contributed by atoms with Crippen molar-refractivity contribution in [3.8, 4) is 0 Å². The molecule has 5 nitrogen and oxygen atoms in total. The number of carbonyl (C=O) groups excluding carboxylic acids is 2. The first-order chi connectivity index (χ1) is 8.70. The molecule has 1 saturated carbocycles. The standard InChI is InChI=1S/C13H23N3O2/c1-2-7-14-12(17)10-4-3-8-16(9-10)13(18)15-11-5-6-11/h10-11H,2-9H2,1H3,(H,14,17)(H,15,18). The van der Waals surface area contributed by atoms with Gasteiger partial charge in [-0.1, -0.05) is 6.92 Å². The molecule has 1 aliphatic heterocycles. The van der Waals surface area contributed by atoms with Gasteiger partial charge in [-0.25, -0.2) is 4.79 Å². The highest BCUT2D eigenvalue weighted by Gasteiger charge is 2.31. The van der Waals surface area contributed by atoms with Gasteiger partial charge in [-0.15, -0.1) is 0 Å². The Labute approximate surface area is 108 Å². The van der Waals surface area contributed by atoms with Gasteiger partial charge in [0.05, 0.1) is 5.92 Å². The number of amides is 3. The van der Waals surface area contributed by atoms with E-state index in [2.05, 4.69) is 10.6 Å². The number of hydrogen-bond acceptors (Lipinski definition) is 2. The fraction of sp³-hybridized carbons (Fsp3) is 0.846. The second kappa shape index (κ2) is 6.07. The molecule has 0 aromatic rings. The molecule has 1 unspecified atom stereocenters. The second-order valence-electron chi connectivity index (χ2n) is 5.30. The van der Waals surface area contributed by atoms with Gasteiger partial charge in [-0.3, -0.25) is 4.79 Å². The molecule has 2 rings (SSSR count). The number of hydrogen-bond donors (Lipinski definition) is 2. The normalized spacial score (nSPS) is 23.6. The summed E-state index contributed by atoms with van der Waals surface area (Å²) < 4.78 is 0. The van der Waals surface area contributed by atoms with Crippen LogP contribution in [0.25, 0.3) is 0 Å². The molecule has 2 aliphatic rings. The molecule has 18 heavy (non-hydrogen) atoms. The van der Waals surface area contributed by atoms with Gasteiger partial charge in [-0.2, -0.15) is 0 Å². The Hall–Kier alpha value is -1.26. The van der Waals surface area contributed by atoms with Crippen LogP contribution in [0.3, 0.4) is 0 Å². The first-order valence-electron chi connectivity index (χ1n) is 7.04. The zero-order chi connectivity index (χ0) is 13.0. The number of nitrogens with one attached hydrogen (secondary N) is 2. The topological polar surface area (TPSA) is 61.4 Å². The fourth-order valence-electron chi connectivity index (χ4n) is 2.26. The van der Waals surface area contributed by atoms with Gasteiger partial charge >= 0.3 is 6.03 Å². The van der Waals surface area contributed by atoms with Crippen molar-refractivity contribution in [2.45, 2.75) is 45.1 Å². The van der Waals surface area contributed by atoms with Crippen LogP contribution in [0.15, 0.2) is 0 Å². The van der Waals surface area contributed by atoms with Gasteiger partial charge in [0.25, 0.3) is 0 Å². The summed E-state index contributed by atoms with van der Waals surface area (Å²) in [5, 5.41) is 5.90. The van der Waals surface area contributed by atoms with Crippen LogP contribution in [-0.4, -0.2) is 42.5 Å². The van der Waals surface area contributed by atoms with Crippen molar-refractivity contribution < 1.29 is 9.59 Å².